The van der Waals surface area contributed by atoms with Gasteiger partial charge in [0.05, 0.1) is 5.69 Å². The first-order chi connectivity index (χ1) is 6.70. The molecule has 1 saturated carbocycles. The Morgan fingerprint density at radius 1 is 1.57 bits per heavy atom. The first-order valence-electron chi connectivity index (χ1n) is 4.98. The Hall–Kier alpha value is -0.640. The average Bonchev–Trinajstić information content (AvgIpc) is 2.95. The number of nitrogens with one attached hydrogen (secondary N) is 1. The number of hydrogen-bond acceptors (Lipinski definition) is 2. The van der Waals surface area contributed by atoms with Crippen molar-refractivity contribution in [3.05, 3.63) is 26.3 Å². The van der Waals surface area contributed by atoms with Crippen LogP contribution in [-0.2, 0) is 12.8 Å². The van der Waals surface area contributed by atoms with Gasteiger partial charge in [0.25, 0.3) is 5.56 Å². The summed E-state index contributed by atoms with van der Waals surface area (Å²) < 4.78 is 0.583. The molecule has 76 valence electrons. The number of aromatic amines is 1. The summed E-state index contributed by atoms with van der Waals surface area (Å²) in [5.41, 5.74) is 0.817. The lowest BCUT2D eigenvalue weighted by atomic mass is 10.2. The van der Waals surface area contributed by atoms with Gasteiger partial charge in [0.2, 0.25) is 0 Å². The molecule has 0 aliphatic heterocycles. The van der Waals surface area contributed by atoms with Crippen LogP contribution in [0.25, 0.3) is 0 Å². The van der Waals surface area contributed by atoms with Crippen LogP contribution >= 0.6 is 15.9 Å². The predicted molar refractivity (Wildman–Crippen MR) is 58.4 cm³/mol. The fourth-order valence-electron chi connectivity index (χ4n) is 1.48. The van der Waals surface area contributed by atoms with Crippen molar-refractivity contribution >= 4 is 15.9 Å². The van der Waals surface area contributed by atoms with E-state index in [1.807, 2.05) is 6.92 Å². The highest BCUT2D eigenvalue weighted by atomic mass is 79.9. The monoisotopic (exact) mass is 256 g/mol. The molecular formula is C10H13BrN2O. The van der Waals surface area contributed by atoms with Crippen molar-refractivity contribution in [2.75, 3.05) is 0 Å². The lowest BCUT2D eigenvalue weighted by Crippen LogP contribution is -2.15. The normalized spacial score (nSPS) is 15.9. The molecule has 0 saturated heterocycles. The van der Waals surface area contributed by atoms with Crippen LogP contribution in [0.2, 0.25) is 0 Å². The SMILES string of the molecule is CCc1nc(CC2CC2)[nH]c(=O)c1Br. The van der Waals surface area contributed by atoms with Gasteiger partial charge in [-0.3, -0.25) is 4.79 Å². The quantitative estimate of drug-likeness (QED) is 0.900. The molecule has 0 spiro atoms. The minimum absolute atomic E-state index is 0.0486. The van der Waals surface area contributed by atoms with E-state index in [0.29, 0.717) is 4.47 Å². The second kappa shape index (κ2) is 3.85. The summed E-state index contributed by atoms with van der Waals surface area (Å²) >= 11 is 3.25. The van der Waals surface area contributed by atoms with Crippen LogP contribution < -0.4 is 5.56 Å². The summed E-state index contributed by atoms with van der Waals surface area (Å²) in [6.45, 7) is 2.01. The third-order valence-corrected chi connectivity index (χ3v) is 3.31. The molecule has 14 heavy (non-hydrogen) atoms. The molecule has 1 aromatic rings. The fraction of sp³-hybridized carbons (Fsp3) is 0.600. The number of nitrogens with zero attached hydrogens (tertiary/aromatic N) is 1. The Kier molecular flexibility index (Phi) is 2.72. The van der Waals surface area contributed by atoms with E-state index in [1.165, 1.54) is 12.8 Å². The van der Waals surface area contributed by atoms with E-state index >= 15 is 0 Å². The molecule has 0 amide bonds. The zero-order valence-corrected chi connectivity index (χ0v) is 9.73. The maximum atomic E-state index is 11.5. The Morgan fingerprint density at radius 3 is 2.86 bits per heavy atom. The van der Waals surface area contributed by atoms with E-state index < -0.39 is 0 Å². The molecule has 1 heterocycles. The van der Waals surface area contributed by atoms with E-state index in [2.05, 4.69) is 25.9 Å². The Morgan fingerprint density at radius 2 is 2.29 bits per heavy atom. The predicted octanol–water partition coefficient (Wildman–Crippen LogP) is 2.05. The van der Waals surface area contributed by atoms with Crippen molar-refractivity contribution in [3.8, 4) is 0 Å². The zero-order valence-electron chi connectivity index (χ0n) is 8.14. The van der Waals surface area contributed by atoms with Crippen LogP contribution in [0, 0.1) is 5.92 Å². The summed E-state index contributed by atoms with van der Waals surface area (Å²) in [6, 6.07) is 0. The van der Waals surface area contributed by atoms with Crippen molar-refractivity contribution in [1.29, 1.82) is 0 Å². The van der Waals surface area contributed by atoms with Gasteiger partial charge < -0.3 is 4.98 Å². The maximum Gasteiger partial charge on any atom is 0.265 e. The third-order valence-electron chi connectivity index (χ3n) is 2.49. The molecule has 0 atom stereocenters. The molecule has 1 aliphatic carbocycles. The topological polar surface area (TPSA) is 45.8 Å². The lowest BCUT2D eigenvalue weighted by Gasteiger charge is -2.03. The first kappa shape index (κ1) is 9.90. The number of halogens is 1. The molecule has 4 heteroatoms. The summed E-state index contributed by atoms with van der Waals surface area (Å²) in [4.78, 5) is 18.7. The van der Waals surface area contributed by atoms with Crippen molar-refractivity contribution < 1.29 is 0 Å². The molecule has 0 aromatic carbocycles. The standard InChI is InChI=1S/C10H13BrN2O/c1-2-7-9(11)10(14)13-8(12-7)5-6-3-4-6/h6H,2-5H2,1H3,(H,12,13,14). The van der Waals surface area contributed by atoms with Crippen LogP contribution in [0.3, 0.4) is 0 Å². The Bertz CT molecular complexity index is 396. The number of rotatable bonds is 3. The van der Waals surface area contributed by atoms with E-state index in [4.69, 9.17) is 0 Å². The maximum absolute atomic E-state index is 11.5. The van der Waals surface area contributed by atoms with Crippen molar-refractivity contribution in [2.24, 2.45) is 5.92 Å². The molecule has 1 aliphatic rings. The minimum atomic E-state index is -0.0486. The van der Waals surface area contributed by atoms with Gasteiger partial charge in [0, 0.05) is 6.42 Å². The van der Waals surface area contributed by atoms with E-state index in [9.17, 15) is 4.79 Å². The third kappa shape index (κ3) is 2.05. The van der Waals surface area contributed by atoms with Gasteiger partial charge in [0.15, 0.2) is 0 Å². The Labute approximate surface area is 91.1 Å². The van der Waals surface area contributed by atoms with Crippen molar-refractivity contribution in [1.82, 2.24) is 9.97 Å². The van der Waals surface area contributed by atoms with Crippen molar-refractivity contribution in [2.45, 2.75) is 32.6 Å². The number of aryl methyl sites for hydroxylation is 1. The highest BCUT2D eigenvalue weighted by Gasteiger charge is 2.23. The van der Waals surface area contributed by atoms with Gasteiger partial charge in [0.1, 0.15) is 10.3 Å². The first-order valence-corrected chi connectivity index (χ1v) is 5.77. The highest BCUT2D eigenvalue weighted by Crippen LogP contribution is 2.31. The molecule has 1 N–H and O–H groups in total. The van der Waals surface area contributed by atoms with Crippen LogP contribution in [-0.4, -0.2) is 9.97 Å². The summed E-state index contributed by atoms with van der Waals surface area (Å²) in [5.74, 6) is 1.60. The van der Waals surface area contributed by atoms with E-state index in [-0.39, 0.29) is 5.56 Å². The summed E-state index contributed by atoms with van der Waals surface area (Å²) in [7, 11) is 0. The van der Waals surface area contributed by atoms with Gasteiger partial charge in [-0.2, -0.15) is 0 Å². The molecule has 0 bridgehead atoms. The molecule has 0 unspecified atom stereocenters. The average molecular weight is 257 g/mol. The molecule has 1 fully saturated rings. The highest BCUT2D eigenvalue weighted by molar-refractivity contribution is 9.10. The van der Waals surface area contributed by atoms with E-state index in [0.717, 1.165) is 30.3 Å². The second-order valence-corrected chi connectivity index (χ2v) is 4.57. The van der Waals surface area contributed by atoms with Gasteiger partial charge in [-0.25, -0.2) is 4.98 Å². The van der Waals surface area contributed by atoms with Gasteiger partial charge >= 0.3 is 0 Å². The van der Waals surface area contributed by atoms with Crippen LogP contribution in [0.1, 0.15) is 31.3 Å². The molecule has 3 nitrogen and oxygen atoms in total. The number of aromatic nitrogens is 2. The van der Waals surface area contributed by atoms with Gasteiger partial charge in [-0.15, -0.1) is 0 Å². The summed E-state index contributed by atoms with van der Waals surface area (Å²) in [5, 5.41) is 0. The summed E-state index contributed by atoms with van der Waals surface area (Å²) in [6.07, 6.45) is 4.28. The molecule has 2 rings (SSSR count). The lowest BCUT2D eigenvalue weighted by molar-refractivity contribution is 0.748. The molecule has 1 aromatic heterocycles. The van der Waals surface area contributed by atoms with Crippen LogP contribution in [0.15, 0.2) is 9.27 Å². The van der Waals surface area contributed by atoms with E-state index in [1.54, 1.807) is 0 Å². The van der Waals surface area contributed by atoms with Crippen LogP contribution in [0.5, 0.6) is 0 Å². The zero-order chi connectivity index (χ0) is 10.1. The number of H-pyrrole nitrogens is 1. The van der Waals surface area contributed by atoms with Gasteiger partial charge in [-0.1, -0.05) is 6.92 Å². The van der Waals surface area contributed by atoms with Crippen LogP contribution in [0.4, 0.5) is 0 Å². The Balaban J connectivity index is 2.31. The fourth-order valence-corrected chi connectivity index (χ4v) is 1.95. The second-order valence-electron chi connectivity index (χ2n) is 3.77. The smallest absolute Gasteiger partial charge is 0.265 e. The molecular weight excluding hydrogens is 244 g/mol. The largest absolute Gasteiger partial charge is 0.310 e. The number of hydrogen-bond donors (Lipinski definition) is 1. The van der Waals surface area contributed by atoms with Crippen molar-refractivity contribution in [3.63, 3.8) is 0 Å². The minimum Gasteiger partial charge on any atom is -0.310 e. The van der Waals surface area contributed by atoms with Gasteiger partial charge in [-0.05, 0) is 41.1 Å². The molecule has 0 radical (unpaired) electrons.